The van der Waals surface area contributed by atoms with Gasteiger partial charge in [-0.3, -0.25) is 30.9 Å². The highest BCUT2D eigenvalue weighted by molar-refractivity contribution is 9.10. The number of esters is 2. The normalized spacial score (nSPS) is 13.7. The van der Waals surface area contributed by atoms with Crippen molar-refractivity contribution in [3.63, 3.8) is 0 Å². The summed E-state index contributed by atoms with van der Waals surface area (Å²) in [5, 5.41) is 45.3. The molecule has 7 N–H and O–H groups in total. The lowest BCUT2D eigenvalue weighted by Crippen LogP contribution is -2.55. The van der Waals surface area contributed by atoms with Gasteiger partial charge in [-0.25, -0.2) is 0 Å². The third-order valence-corrected chi connectivity index (χ3v) is 25.1. The number of hydrogen-bond acceptors (Lipinski definition) is 16. The average Bonchev–Trinajstić information content (AvgIpc) is 1.69. The quantitative estimate of drug-likeness (QED) is 0.0112. The van der Waals surface area contributed by atoms with Gasteiger partial charge in [0.25, 0.3) is 0 Å². The minimum absolute atomic E-state index is 0.0647. The number of carbonyl (C=O) groups excluding carboxylic acids is 2. The highest BCUT2D eigenvalue weighted by Gasteiger charge is 2.52. The summed E-state index contributed by atoms with van der Waals surface area (Å²) in [6, 6.07) is 143. The second-order valence-electron chi connectivity index (χ2n) is 33.1. The fraction of sp³-hybridized carbons (Fsp3) is 0.193. The van der Waals surface area contributed by atoms with E-state index in [-0.39, 0.29) is 45.1 Å². The van der Waals surface area contributed by atoms with Crippen LogP contribution in [-0.2, 0) is 50.5 Å². The van der Waals surface area contributed by atoms with Crippen LogP contribution in [0.5, 0.6) is 17.2 Å². The van der Waals surface area contributed by atoms with Gasteiger partial charge in [0.1, 0.15) is 49.2 Å². The van der Waals surface area contributed by atoms with E-state index in [0.29, 0.717) is 18.1 Å². The smallest absolute Gasteiger partial charge is 0.492 e. The molecule has 4 atom stereocenters. The molecule has 678 valence electrons. The topological polar surface area (TPSA) is 208 Å². The van der Waals surface area contributed by atoms with E-state index in [1.807, 2.05) is 355 Å². The van der Waals surface area contributed by atoms with E-state index >= 15 is 0 Å². The lowest BCUT2D eigenvalue weighted by atomic mass is 9.76. The Morgan fingerprint density at radius 2 is 0.481 bits per heavy atom. The molecule has 0 bridgehead atoms. The molecule has 0 radical (unpaired) electrons. The summed E-state index contributed by atoms with van der Waals surface area (Å²) in [5.74, 6) is 1.24. The van der Waals surface area contributed by atoms with Gasteiger partial charge >= 0.3 is 19.1 Å². The number of carbonyl (C=O) groups is 2. The van der Waals surface area contributed by atoms with E-state index in [9.17, 15) is 24.9 Å². The summed E-state index contributed by atoms with van der Waals surface area (Å²) in [5.41, 5.74) is 9.61. The summed E-state index contributed by atoms with van der Waals surface area (Å²) in [7, 11) is 2.29. The van der Waals surface area contributed by atoms with Crippen molar-refractivity contribution < 1.29 is 57.9 Å². The Kier molecular flexibility index (Phi) is 35.0. The summed E-state index contributed by atoms with van der Waals surface area (Å²) in [6.07, 6.45) is 0. The summed E-state index contributed by atoms with van der Waals surface area (Å²) >= 11 is 6.88. The van der Waals surface area contributed by atoms with Gasteiger partial charge in [-0.15, -0.1) is 0 Å². The number of rotatable bonds is 35. The van der Waals surface area contributed by atoms with Gasteiger partial charge in [0.15, 0.2) is 0 Å². The summed E-state index contributed by atoms with van der Waals surface area (Å²) in [4.78, 5) is 25.3. The van der Waals surface area contributed by atoms with Crippen molar-refractivity contribution in [3.05, 3.63) is 512 Å². The fourth-order valence-electron chi connectivity index (χ4n) is 16.6. The molecule has 1 heterocycles. The van der Waals surface area contributed by atoms with E-state index in [1.165, 1.54) is 14.2 Å². The second-order valence-corrected chi connectivity index (χ2v) is 34.9. The lowest BCUT2D eigenvalue weighted by molar-refractivity contribution is -0.145. The molecule has 0 unspecified atom stereocenters. The van der Waals surface area contributed by atoms with Crippen molar-refractivity contribution in [2.75, 3.05) is 53.9 Å². The van der Waals surface area contributed by atoms with Gasteiger partial charge in [-0.05, 0) is 161 Å². The number of benzene rings is 15. The van der Waals surface area contributed by atoms with Crippen LogP contribution in [0.4, 0.5) is 0 Å². The molecule has 0 saturated carbocycles. The highest BCUT2D eigenvalue weighted by Crippen LogP contribution is 2.43. The molecule has 1 fully saturated rings. The second kappa shape index (κ2) is 47.6. The number of hydrogen-bond donors (Lipinski definition) is 7. The number of methoxy groups -OCH3 is 2. The first kappa shape index (κ1) is 97.8. The standard InChI is InChI=1S/C34H38BNO4.C29H26BrNO3.C28H26BrNO2.C23H23NO3/c1-32(2)33(3,4)40-35(39-32)29-20-22-31(23-21-29)38-25-30(24-37)36-34(26-14-8-5-9-15-26,27-16-10-6-11-17-27)28-18-12-7-13-19-28;1-33-28(32)27(21-34-26-19-17-25(30)18-20-26)31-29(22-11-5-2-6-12-22,23-13-7-3-8-14-23)24-15-9-4-10-16-24;29-25-16-18-27(19-17-25)32-21-26(20-31)30-28(22-10-4-1-5-11-22,23-12-6-2-7-13-23)24-14-8-3-9-15-24;1-27-22(26)21(17-25)24-23(18-11-5-2-6-12-18,19-13-7-3-8-14-19)20-15-9-4-10-16-20/h5-23,30,36-37H,24-25H2,1-4H3;2-20,27,31H,21H2,1H3;1-19,26,30-31H,20-21H2;2-16,21,24-25H,17H2,1H3/t30-;27-;26-;21-/m1010/s1. The molecular formula is C114H113BBr2N4O12. The molecular weight excluding hydrogens is 1790 g/mol. The first-order chi connectivity index (χ1) is 64.8. The molecule has 0 amide bonds. The zero-order chi connectivity index (χ0) is 93.4. The SMILES string of the molecule is CC1(C)OB(c2ccc(OC[C@@H](CO)NC(c3ccccc3)(c3ccccc3)c3ccccc3)cc2)OC1(C)C.COC(=O)[C@H](CO)NC(c1ccccc1)(c1ccccc1)c1ccccc1.COC(=O)[C@H](COc1ccc(Br)cc1)NC(c1ccccc1)(c1ccccc1)c1ccccc1.OC[C@H](COc1ccc(Br)cc1)NC(c1ccccc1)(c1ccccc1)c1ccccc1. The van der Waals surface area contributed by atoms with Crippen molar-refractivity contribution >= 4 is 56.4 Å². The maximum absolute atomic E-state index is 13.0. The first-order valence-electron chi connectivity index (χ1n) is 44.4. The van der Waals surface area contributed by atoms with Crippen LogP contribution in [0, 0.1) is 0 Å². The number of ether oxygens (including phenoxy) is 5. The molecule has 16 nitrogen and oxygen atoms in total. The zero-order valence-electron chi connectivity index (χ0n) is 75.5. The number of nitrogens with one attached hydrogen (secondary N) is 4. The van der Waals surface area contributed by atoms with Crippen molar-refractivity contribution in [3.8, 4) is 17.2 Å². The van der Waals surface area contributed by atoms with Crippen LogP contribution in [0.2, 0.25) is 0 Å². The van der Waals surface area contributed by atoms with E-state index in [1.54, 1.807) is 0 Å². The van der Waals surface area contributed by atoms with Crippen LogP contribution in [0.1, 0.15) is 94.5 Å². The minimum atomic E-state index is -0.879. The van der Waals surface area contributed by atoms with Crippen LogP contribution in [0.3, 0.4) is 0 Å². The molecule has 0 aliphatic carbocycles. The Bertz CT molecular complexity index is 5550. The van der Waals surface area contributed by atoms with Crippen molar-refractivity contribution in [1.29, 1.82) is 0 Å². The number of aliphatic hydroxyl groups excluding tert-OH is 3. The van der Waals surface area contributed by atoms with E-state index < -0.39 is 64.5 Å². The Morgan fingerprint density at radius 3 is 0.692 bits per heavy atom. The van der Waals surface area contributed by atoms with Gasteiger partial charge in [0.05, 0.1) is 79.5 Å². The zero-order valence-corrected chi connectivity index (χ0v) is 78.6. The number of aliphatic hydroxyl groups is 3. The molecule has 16 rings (SSSR count). The van der Waals surface area contributed by atoms with Crippen LogP contribution < -0.4 is 40.9 Å². The van der Waals surface area contributed by atoms with Crippen molar-refractivity contribution in [1.82, 2.24) is 21.3 Å². The molecule has 1 aliphatic heterocycles. The Morgan fingerprint density at radius 1 is 0.286 bits per heavy atom. The number of halogens is 2. The van der Waals surface area contributed by atoms with Gasteiger partial charge < -0.3 is 48.3 Å². The Labute approximate surface area is 798 Å². The van der Waals surface area contributed by atoms with Crippen molar-refractivity contribution in [2.45, 2.75) is 85.2 Å². The maximum atomic E-state index is 13.0. The third-order valence-electron chi connectivity index (χ3n) is 24.1. The molecule has 0 spiro atoms. The summed E-state index contributed by atoms with van der Waals surface area (Å²) in [6.45, 7) is 8.36. The molecule has 0 aromatic heterocycles. The molecule has 15 aromatic rings. The average molecular weight is 1900 g/mol. The first-order valence-corrected chi connectivity index (χ1v) is 46.0. The Balaban J connectivity index is 0.000000152. The van der Waals surface area contributed by atoms with E-state index in [2.05, 4.69) is 162 Å². The molecule has 133 heavy (non-hydrogen) atoms. The van der Waals surface area contributed by atoms with Gasteiger partial charge in [-0.1, -0.05) is 408 Å². The predicted octanol–water partition coefficient (Wildman–Crippen LogP) is 20.1. The third kappa shape index (κ3) is 24.0. The molecule has 1 aliphatic rings. The Hall–Kier alpha value is -12.7. The fourth-order valence-corrected chi connectivity index (χ4v) is 17.2. The van der Waals surface area contributed by atoms with Crippen LogP contribution in [0.15, 0.2) is 446 Å². The van der Waals surface area contributed by atoms with E-state index in [0.717, 1.165) is 86.9 Å². The highest BCUT2D eigenvalue weighted by atomic mass is 79.9. The lowest BCUT2D eigenvalue weighted by Gasteiger charge is -2.39. The van der Waals surface area contributed by atoms with E-state index in [4.69, 9.17) is 33.0 Å². The summed E-state index contributed by atoms with van der Waals surface area (Å²) < 4.78 is 42.6. The van der Waals surface area contributed by atoms with Gasteiger partial charge in [-0.2, -0.15) is 0 Å². The molecule has 19 heteroatoms. The van der Waals surface area contributed by atoms with Crippen LogP contribution >= 0.6 is 31.9 Å². The van der Waals surface area contributed by atoms with Gasteiger partial charge in [0, 0.05) is 8.95 Å². The van der Waals surface area contributed by atoms with Crippen molar-refractivity contribution in [2.24, 2.45) is 0 Å². The molecule has 1 saturated heterocycles. The van der Waals surface area contributed by atoms with Gasteiger partial charge in [0.2, 0.25) is 0 Å². The predicted molar refractivity (Wildman–Crippen MR) is 537 cm³/mol. The van der Waals surface area contributed by atoms with Crippen LogP contribution in [0.25, 0.3) is 0 Å². The maximum Gasteiger partial charge on any atom is 0.494 e. The minimum Gasteiger partial charge on any atom is -0.492 e. The monoisotopic (exact) mass is 1900 g/mol. The largest absolute Gasteiger partial charge is 0.494 e. The molecule has 15 aromatic carbocycles. The van der Waals surface area contributed by atoms with Crippen LogP contribution in [-0.4, -0.2) is 124 Å².